The quantitative estimate of drug-likeness (QED) is 0.162. The van der Waals surface area contributed by atoms with Gasteiger partial charge in [0.25, 0.3) is 0 Å². The van der Waals surface area contributed by atoms with Gasteiger partial charge in [-0.25, -0.2) is 9.97 Å². The number of allylic oxidation sites excluding steroid dienone is 8. The molecule has 2 aromatic heterocycles. The van der Waals surface area contributed by atoms with Crippen molar-refractivity contribution in [1.29, 1.82) is 0 Å². The molecule has 2 heterocycles. The van der Waals surface area contributed by atoms with E-state index in [1.54, 1.807) is 0 Å². The molecule has 250 valence electrons. The fourth-order valence-electron chi connectivity index (χ4n) is 5.56. The summed E-state index contributed by atoms with van der Waals surface area (Å²) < 4.78 is 14.9. The fourth-order valence-corrected chi connectivity index (χ4v) is 5.56. The van der Waals surface area contributed by atoms with Gasteiger partial charge in [0.1, 0.15) is 17.3 Å². The first-order chi connectivity index (χ1) is 21.4. The zero-order chi connectivity index (χ0) is 33.7. The maximum Gasteiger partial charge on any atom is 0.223 e. The molecule has 0 fully saturated rings. The number of carbonyl (C=O) groups excluding carboxylic acids is 1. The standard InChI is InChI=1S/C37H59FN6O/c1-12-21-43(11)24-33-41-35(36(38)42-33)31(16-5)20-19-29(14-3)26(8)17-18-30(15-4)32-23-39-37(40-32)28(10)44(27(9)13-2)34(45)22-25(6)7/h17-20,23,25,27-28H,12-16,21-22,24H2,1-11H3,(H,39,40)(H,41,42)/b26-17+,29-19+,30-18+,31-20+. The van der Waals surface area contributed by atoms with E-state index in [4.69, 9.17) is 4.98 Å². The van der Waals surface area contributed by atoms with Crippen LogP contribution in [0.2, 0.25) is 0 Å². The van der Waals surface area contributed by atoms with Crippen LogP contribution in [0.5, 0.6) is 0 Å². The van der Waals surface area contributed by atoms with E-state index in [2.05, 4.69) is 100 Å². The number of H-pyrrole nitrogens is 2. The molecule has 0 aliphatic carbocycles. The summed E-state index contributed by atoms with van der Waals surface area (Å²) in [5, 5.41) is 0. The number of carbonyl (C=O) groups is 1. The van der Waals surface area contributed by atoms with Crippen LogP contribution in [-0.4, -0.2) is 55.3 Å². The summed E-state index contributed by atoms with van der Waals surface area (Å²) in [5.41, 5.74) is 5.71. The molecule has 2 N–H and O–H groups in total. The number of hydrogen-bond donors (Lipinski definition) is 2. The number of hydrogen-bond acceptors (Lipinski definition) is 4. The highest BCUT2D eigenvalue weighted by molar-refractivity contribution is 5.77. The van der Waals surface area contributed by atoms with Gasteiger partial charge in [0, 0.05) is 12.5 Å². The van der Waals surface area contributed by atoms with Gasteiger partial charge in [-0.2, -0.15) is 4.39 Å². The highest BCUT2D eigenvalue weighted by atomic mass is 19.1. The minimum absolute atomic E-state index is 0.132. The summed E-state index contributed by atoms with van der Waals surface area (Å²) in [6.07, 6.45) is 15.1. The van der Waals surface area contributed by atoms with Crippen LogP contribution in [0.15, 0.2) is 41.6 Å². The van der Waals surface area contributed by atoms with Crippen molar-refractivity contribution in [3.05, 3.63) is 70.6 Å². The highest BCUT2D eigenvalue weighted by Crippen LogP contribution is 2.27. The first-order valence-electron chi connectivity index (χ1n) is 17.0. The number of halogens is 1. The van der Waals surface area contributed by atoms with Crippen molar-refractivity contribution in [1.82, 2.24) is 29.7 Å². The molecule has 0 saturated carbocycles. The van der Waals surface area contributed by atoms with E-state index in [1.807, 2.05) is 31.1 Å². The van der Waals surface area contributed by atoms with Crippen LogP contribution in [0.4, 0.5) is 4.39 Å². The Bertz CT molecular complexity index is 1340. The smallest absolute Gasteiger partial charge is 0.223 e. The maximum absolute atomic E-state index is 14.9. The predicted molar refractivity (Wildman–Crippen MR) is 187 cm³/mol. The van der Waals surface area contributed by atoms with Crippen molar-refractivity contribution in [3.8, 4) is 0 Å². The maximum atomic E-state index is 14.9. The van der Waals surface area contributed by atoms with Gasteiger partial charge in [0.2, 0.25) is 11.9 Å². The summed E-state index contributed by atoms with van der Waals surface area (Å²) >= 11 is 0. The minimum atomic E-state index is -0.373. The van der Waals surface area contributed by atoms with Gasteiger partial charge in [0.15, 0.2) is 0 Å². The molecule has 0 saturated heterocycles. The number of nitrogens with one attached hydrogen (secondary N) is 2. The minimum Gasteiger partial charge on any atom is -0.341 e. The Labute approximate surface area is 272 Å². The second-order valence-corrected chi connectivity index (χ2v) is 12.6. The van der Waals surface area contributed by atoms with E-state index in [1.165, 1.54) is 5.57 Å². The second-order valence-electron chi connectivity index (χ2n) is 12.6. The summed E-state index contributed by atoms with van der Waals surface area (Å²) in [5.74, 6) is 1.56. The van der Waals surface area contributed by atoms with Crippen molar-refractivity contribution in [3.63, 3.8) is 0 Å². The average molecular weight is 623 g/mol. The molecule has 0 bridgehead atoms. The van der Waals surface area contributed by atoms with Crippen molar-refractivity contribution in [2.45, 2.75) is 126 Å². The second kappa shape index (κ2) is 18.6. The van der Waals surface area contributed by atoms with E-state index < -0.39 is 0 Å². The van der Waals surface area contributed by atoms with Crippen molar-refractivity contribution >= 4 is 17.1 Å². The lowest BCUT2D eigenvalue weighted by atomic mass is 10.0. The first-order valence-corrected chi connectivity index (χ1v) is 17.0. The first kappa shape index (κ1) is 37.9. The molecule has 8 heteroatoms. The van der Waals surface area contributed by atoms with Gasteiger partial charge in [-0.3, -0.25) is 9.69 Å². The zero-order valence-electron chi connectivity index (χ0n) is 29.9. The normalized spacial score (nSPS) is 14.9. The molecule has 1 amide bonds. The van der Waals surface area contributed by atoms with Gasteiger partial charge in [-0.1, -0.05) is 72.8 Å². The molecular formula is C37H59FN6O. The molecule has 2 unspecified atom stereocenters. The summed E-state index contributed by atoms with van der Waals surface area (Å²) in [6, 6.07) is -0.00985. The van der Waals surface area contributed by atoms with E-state index in [0.717, 1.165) is 60.5 Å². The molecule has 0 aliphatic heterocycles. The summed E-state index contributed by atoms with van der Waals surface area (Å²) in [6.45, 7) is 22.5. The van der Waals surface area contributed by atoms with E-state index in [0.29, 0.717) is 36.8 Å². The number of amides is 1. The molecule has 2 atom stereocenters. The SMILES string of the molecule is CCCN(C)Cc1nc(/C(=C/C=C(CC)/C(C)=C/C=C(\CC)c2cnc(C(C)N(C(=O)CC(C)C)C(C)CC)[nH]2)CC)c(F)[nH]1. The van der Waals surface area contributed by atoms with Crippen LogP contribution < -0.4 is 0 Å². The monoisotopic (exact) mass is 622 g/mol. The van der Waals surface area contributed by atoms with Gasteiger partial charge in [-0.15, -0.1) is 0 Å². The molecule has 0 radical (unpaired) electrons. The average Bonchev–Trinajstić information content (AvgIpc) is 3.62. The largest absolute Gasteiger partial charge is 0.341 e. The van der Waals surface area contributed by atoms with Crippen LogP contribution in [-0.2, 0) is 11.3 Å². The van der Waals surface area contributed by atoms with Crippen LogP contribution in [0.3, 0.4) is 0 Å². The highest BCUT2D eigenvalue weighted by Gasteiger charge is 2.28. The number of imidazole rings is 2. The molecule has 2 aromatic rings. The van der Waals surface area contributed by atoms with E-state index in [-0.39, 0.29) is 23.9 Å². The summed E-state index contributed by atoms with van der Waals surface area (Å²) in [4.78, 5) is 32.9. The third kappa shape index (κ3) is 10.9. The Kier molecular flexibility index (Phi) is 15.7. The molecular weight excluding hydrogens is 563 g/mol. The predicted octanol–water partition coefficient (Wildman–Crippen LogP) is 9.42. The fraction of sp³-hybridized carbons (Fsp3) is 0.595. The van der Waals surface area contributed by atoms with Crippen LogP contribution in [0, 0.1) is 11.9 Å². The molecule has 0 aliphatic rings. The third-order valence-corrected chi connectivity index (χ3v) is 8.40. The number of aromatic nitrogens is 4. The molecule has 0 aromatic carbocycles. The number of rotatable bonds is 18. The van der Waals surface area contributed by atoms with Gasteiger partial charge in [-0.05, 0) is 94.7 Å². The van der Waals surface area contributed by atoms with Gasteiger partial charge < -0.3 is 14.9 Å². The van der Waals surface area contributed by atoms with E-state index in [9.17, 15) is 9.18 Å². The van der Waals surface area contributed by atoms with Crippen molar-refractivity contribution in [2.24, 2.45) is 5.92 Å². The lowest BCUT2D eigenvalue weighted by Gasteiger charge is -2.34. The Balaban J connectivity index is 2.31. The van der Waals surface area contributed by atoms with Gasteiger partial charge >= 0.3 is 0 Å². The Morgan fingerprint density at radius 3 is 2.20 bits per heavy atom. The molecule has 7 nitrogen and oxygen atoms in total. The van der Waals surface area contributed by atoms with Crippen LogP contribution in [0.25, 0.3) is 11.1 Å². The third-order valence-electron chi connectivity index (χ3n) is 8.40. The Hall–Kier alpha value is -3.26. The van der Waals surface area contributed by atoms with Crippen LogP contribution in [0.1, 0.15) is 137 Å². The topological polar surface area (TPSA) is 80.9 Å². The molecule has 0 spiro atoms. The lowest BCUT2D eigenvalue weighted by molar-refractivity contribution is -0.136. The van der Waals surface area contributed by atoms with Crippen molar-refractivity contribution in [2.75, 3.05) is 13.6 Å². The Morgan fingerprint density at radius 2 is 1.62 bits per heavy atom. The van der Waals surface area contributed by atoms with Gasteiger partial charge in [0.05, 0.1) is 24.5 Å². The van der Waals surface area contributed by atoms with E-state index >= 15 is 0 Å². The number of nitrogens with zero attached hydrogens (tertiary/aromatic N) is 4. The summed E-state index contributed by atoms with van der Waals surface area (Å²) in [7, 11) is 2.02. The van der Waals surface area contributed by atoms with Crippen molar-refractivity contribution < 1.29 is 9.18 Å². The lowest BCUT2D eigenvalue weighted by Crippen LogP contribution is -2.41. The van der Waals surface area contributed by atoms with Crippen LogP contribution >= 0.6 is 0 Å². The zero-order valence-corrected chi connectivity index (χ0v) is 29.9. The number of aromatic amines is 2. The Morgan fingerprint density at radius 1 is 0.956 bits per heavy atom. The molecule has 45 heavy (non-hydrogen) atoms. The molecule has 2 rings (SSSR count).